The summed E-state index contributed by atoms with van der Waals surface area (Å²) in [5, 5.41) is 3.66. The lowest BCUT2D eigenvalue weighted by atomic mass is 10.2. The topological polar surface area (TPSA) is 15.3 Å². The van der Waals surface area contributed by atoms with E-state index in [1.54, 1.807) is 0 Å². The van der Waals surface area contributed by atoms with Crippen molar-refractivity contribution in [2.45, 2.75) is 38.3 Å². The van der Waals surface area contributed by atoms with Gasteiger partial charge in [-0.25, -0.2) is 0 Å². The molecule has 2 aliphatic rings. The number of rotatable bonds is 3. The zero-order valence-electron chi connectivity index (χ0n) is 10.2. The van der Waals surface area contributed by atoms with Crippen LogP contribution in [0.3, 0.4) is 0 Å². The van der Waals surface area contributed by atoms with E-state index in [4.69, 9.17) is 0 Å². The van der Waals surface area contributed by atoms with Crippen LogP contribution >= 0.6 is 15.9 Å². The van der Waals surface area contributed by atoms with Crippen LogP contribution in [0.5, 0.6) is 0 Å². The Labute approximate surface area is 112 Å². The van der Waals surface area contributed by atoms with Crippen molar-refractivity contribution in [1.29, 1.82) is 0 Å². The van der Waals surface area contributed by atoms with Gasteiger partial charge in [-0.2, -0.15) is 0 Å². The Morgan fingerprint density at radius 1 is 1.24 bits per heavy atom. The zero-order valence-corrected chi connectivity index (χ0v) is 11.8. The summed E-state index contributed by atoms with van der Waals surface area (Å²) in [6.45, 7) is 4.63. The molecule has 3 heteroatoms. The van der Waals surface area contributed by atoms with Gasteiger partial charge in [-0.1, -0.05) is 15.9 Å². The Bertz CT molecular complexity index is 394. The van der Waals surface area contributed by atoms with E-state index < -0.39 is 0 Å². The van der Waals surface area contributed by atoms with Crippen molar-refractivity contribution in [2.24, 2.45) is 0 Å². The van der Waals surface area contributed by atoms with Gasteiger partial charge < -0.3 is 5.32 Å². The molecule has 92 valence electrons. The van der Waals surface area contributed by atoms with Crippen LogP contribution in [-0.2, 0) is 0 Å². The number of halogens is 1. The molecule has 0 spiro atoms. The largest absolute Gasteiger partial charge is 0.381 e. The van der Waals surface area contributed by atoms with Gasteiger partial charge in [0.2, 0.25) is 0 Å². The molecule has 0 amide bonds. The van der Waals surface area contributed by atoms with E-state index in [0.29, 0.717) is 6.04 Å². The maximum absolute atomic E-state index is 3.66. The van der Waals surface area contributed by atoms with Gasteiger partial charge >= 0.3 is 0 Å². The first-order chi connectivity index (χ1) is 8.20. The van der Waals surface area contributed by atoms with Gasteiger partial charge in [0.1, 0.15) is 0 Å². The summed E-state index contributed by atoms with van der Waals surface area (Å²) in [4.78, 5) is 2.64. The number of hydrogen-bond donors (Lipinski definition) is 1. The summed E-state index contributed by atoms with van der Waals surface area (Å²) in [5.41, 5.74) is 2.55. The molecule has 3 rings (SSSR count). The summed E-state index contributed by atoms with van der Waals surface area (Å²) in [5.74, 6) is 0. The number of aryl methyl sites for hydroxylation is 1. The molecule has 1 N–H and O–H groups in total. The first-order valence-corrected chi connectivity index (χ1v) is 7.28. The predicted molar refractivity (Wildman–Crippen MR) is 75.5 cm³/mol. The van der Waals surface area contributed by atoms with Gasteiger partial charge in [-0.3, -0.25) is 4.90 Å². The first kappa shape index (κ1) is 11.5. The monoisotopic (exact) mass is 294 g/mol. The van der Waals surface area contributed by atoms with Gasteiger partial charge in [-0.15, -0.1) is 0 Å². The molecule has 0 radical (unpaired) electrons. The van der Waals surface area contributed by atoms with Crippen LogP contribution in [0.4, 0.5) is 5.69 Å². The summed E-state index contributed by atoms with van der Waals surface area (Å²) >= 11 is 3.56. The molecular formula is C14H19BrN2. The van der Waals surface area contributed by atoms with Gasteiger partial charge in [0, 0.05) is 35.3 Å². The molecule has 1 aliphatic carbocycles. The molecule has 2 nitrogen and oxygen atoms in total. The number of hydrogen-bond acceptors (Lipinski definition) is 2. The summed E-state index contributed by atoms with van der Waals surface area (Å²) in [7, 11) is 0. The SMILES string of the molecule is Cc1cc(Br)cc(NC2CCN(C3CC3)C2)c1. The number of likely N-dealkylation sites (tertiary alicyclic amines) is 1. The minimum Gasteiger partial charge on any atom is -0.381 e. The summed E-state index contributed by atoms with van der Waals surface area (Å²) in [6, 6.07) is 8.09. The van der Waals surface area contributed by atoms with Crippen LogP contribution in [0, 0.1) is 6.92 Å². The summed E-state index contributed by atoms with van der Waals surface area (Å²) in [6.07, 6.45) is 4.12. The first-order valence-electron chi connectivity index (χ1n) is 6.48. The fraction of sp³-hybridized carbons (Fsp3) is 0.571. The Hall–Kier alpha value is -0.540. The van der Waals surface area contributed by atoms with Crippen molar-refractivity contribution < 1.29 is 0 Å². The number of anilines is 1. The maximum atomic E-state index is 3.66. The van der Waals surface area contributed by atoms with Gasteiger partial charge in [0.15, 0.2) is 0 Å². The average molecular weight is 295 g/mol. The molecule has 1 atom stereocenters. The highest BCUT2D eigenvalue weighted by molar-refractivity contribution is 9.10. The highest BCUT2D eigenvalue weighted by Crippen LogP contribution is 2.31. The van der Waals surface area contributed by atoms with E-state index in [2.05, 4.69) is 51.3 Å². The normalized spacial score (nSPS) is 25.2. The van der Waals surface area contributed by atoms with Crippen molar-refractivity contribution in [3.8, 4) is 0 Å². The molecule has 17 heavy (non-hydrogen) atoms. The van der Waals surface area contributed by atoms with Crippen molar-refractivity contribution in [3.05, 3.63) is 28.2 Å². The fourth-order valence-electron chi connectivity index (χ4n) is 2.73. The van der Waals surface area contributed by atoms with Gasteiger partial charge in [-0.05, 0) is 49.9 Å². The van der Waals surface area contributed by atoms with E-state index in [1.807, 2.05) is 0 Å². The Kier molecular flexibility index (Phi) is 3.14. The molecule has 0 aromatic heterocycles. The molecule has 1 saturated heterocycles. The third-order valence-electron chi connectivity index (χ3n) is 3.70. The Morgan fingerprint density at radius 2 is 2.06 bits per heavy atom. The van der Waals surface area contributed by atoms with E-state index >= 15 is 0 Å². The highest BCUT2D eigenvalue weighted by atomic mass is 79.9. The van der Waals surface area contributed by atoms with Crippen LogP contribution in [0.2, 0.25) is 0 Å². The van der Waals surface area contributed by atoms with Crippen LogP contribution in [0.15, 0.2) is 22.7 Å². The van der Waals surface area contributed by atoms with Crippen LogP contribution in [0.1, 0.15) is 24.8 Å². The number of benzene rings is 1. The van der Waals surface area contributed by atoms with Crippen molar-refractivity contribution >= 4 is 21.6 Å². The van der Waals surface area contributed by atoms with Crippen LogP contribution in [0.25, 0.3) is 0 Å². The molecular weight excluding hydrogens is 276 g/mol. The quantitative estimate of drug-likeness (QED) is 0.919. The third-order valence-corrected chi connectivity index (χ3v) is 4.15. The lowest BCUT2D eigenvalue weighted by Gasteiger charge is -2.17. The van der Waals surface area contributed by atoms with E-state index in [0.717, 1.165) is 10.5 Å². The second-order valence-electron chi connectivity index (χ2n) is 5.37. The minimum atomic E-state index is 0.629. The Balaban J connectivity index is 1.62. The van der Waals surface area contributed by atoms with Crippen molar-refractivity contribution in [3.63, 3.8) is 0 Å². The van der Waals surface area contributed by atoms with Crippen molar-refractivity contribution in [1.82, 2.24) is 4.90 Å². The molecule has 0 bridgehead atoms. The molecule has 2 fully saturated rings. The van der Waals surface area contributed by atoms with Crippen LogP contribution in [-0.4, -0.2) is 30.1 Å². The number of nitrogens with one attached hydrogen (secondary N) is 1. The third kappa shape index (κ3) is 2.83. The minimum absolute atomic E-state index is 0.629. The zero-order chi connectivity index (χ0) is 11.8. The maximum Gasteiger partial charge on any atom is 0.0400 e. The van der Waals surface area contributed by atoms with E-state index in [-0.39, 0.29) is 0 Å². The lowest BCUT2D eigenvalue weighted by molar-refractivity contribution is 0.326. The predicted octanol–water partition coefficient (Wildman–Crippen LogP) is 3.41. The second kappa shape index (κ2) is 4.62. The van der Waals surface area contributed by atoms with Gasteiger partial charge in [0.05, 0.1) is 0 Å². The summed E-state index contributed by atoms with van der Waals surface area (Å²) < 4.78 is 1.16. The van der Waals surface area contributed by atoms with E-state index in [1.165, 1.54) is 43.6 Å². The second-order valence-corrected chi connectivity index (χ2v) is 6.29. The average Bonchev–Trinajstić information content (AvgIpc) is 2.99. The fourth-order valence-corrected chi connectivity index (χ4v) is 3.34. The van der Waals surface area contributed by atoms with Crippen LogP contribution < -0.4 is 5.32 Å². The molecule has 1 saturated carbocycles. The smallest absolute Gasteiger partial charge is 0.0400 e. The molecule has 1 heterocycles. The molecule has 1 aliphatic heterocycles. The van der Waals surface area contributed by atoms with Gasteiger partial charge in [0.25, 0.3) is 0 Å². The molecule has 1 aromatic rings. The molecule has 1 aromatic carbocycles. The van der Waals surface area contributed by atoms with Crippen molar-refractivity contribution in [2.75, 3.05) is 18.4 Å². The Morgan fingerprint density at radius 3 is 2.76 bits per heavy atom. The highest BCUT2D eigenvalue weighted by Gasteiger charge is 2.34. The lowest BCUT2D eigenvalue weighted by Crippen LogP contribution is -2.27. The standard InChI is InChI=1S/C14H19BrN2/c1-10-6-11(15)8-13(7-10)16-12-4-5-17(9-12)14-2-3-14/h6-8,12,14,16H,2-5,9H2,1H3. The molecule has 1 unspecified atom stereocenters. The van der Waals surface area contributed by atoms with E-state index in [9.17, 15) is 0 Å². The number of nitrogens with zero attached hydrogens (tertiary/aromatic N) is 1.